The van der Waals surface area contributed by atoms with Crippen molar-refractivity contribution in [2.45, 2.75) is 44.8 Å². The predicted molar refractivity (Wildman–Crippen MR) is 113 cm³/mol. The number of cyclic esters (lactones) is 1. The van der Waals surface area contributed by atoms with Gasteiger partial charge in [-0.1, -0.05) is 38.1 Å². The Bertz CT molecular complexity index is 976. The van der Waals surface area contributed by atoms with Gasteiger partial charge in [0.05, 0.1) is 11.7 Å². The molecule has 31 heavy (non-hydrogen) atoms. The standard InChI is InChI=1S/C24H26O7/c1-3-17(13-5-9-15(25)10-6-13)19-21(28)22(29)23(31-24(19)30)18(4-2)20(27)14-7-11-16(26)12-8-14/h5-12,17-18,20,23,25-28H,3-4H2,1-2H3. The van der Waals surface area contributed by atoms with Gasteiger partial charge < -0.3 is 25.2 Å². The zero-order chi connectivity index (χ0) is 22.7. The molecule has 4 unspecified atom stereocenters. The molecule has 2 aromatic rings. The molecule has 1 aliphatic rings. The fraction of sp³-hybridized carbons (Fsp3) is 0.333. The van der Waals surface area contributed by atoms with Gasteiger partial charge in [0.15, 0.2) is 11.9 Å². The van der Waals surface area contributed by atoms with Crippen molar-refractivity contribution in [3.63, 3.8) is 0 Å². The summed E-state index contributed by atoms with van der Waals surface area (Å²) in [6.45, 7) is 3.56. The summed E-state index contributed by atoms with van der Waals surface area (Å²) in [6.07, 6.45) is -1.74. The summed E-state index contributed by atoms with van der Waals surface area (Å²) in [7, 11) is 0. The SMILES string of the molecule is CCC(C1=C(O)C(=O)C(C(CC)C(O)c2ccc(O)cc2)OC1=O)c1ccc(O)cc1. The summed E-state index contributed by atoms with van der Waals surface area (Å²) in [5.41, 5.74) is 0.989. The molecule has 0 aliphatic carbocycles. The van der Waals surface area contributed by atoms with Crippen LogP contribution in [0.4, 0.5) is 0 Å². The van der Waals surface area contributed by atoms with Crippen molar-refractivity contribution in [2.24, 2.45) is 5.92 Å². The van der Waals surface area contributed by atoms with Crippen molar-refractivity contribution in [3.8, 4) is 11.5 Å². The summed E-state index contributed by atoms with van der Waals surface area (Å²) < 4.78 is 5.46. The molecular formula is C24H26O7. The van der Waals surface area contributed by atoms with Crippen LogP contribution in [0.15, 0.2) is 59.9 Å². The molecule has 2 aromatic carbocycles. The average Bonchev–Trinajstić information content (AvgIpc) is 2.76. The number of hydrogen-bond acceptors (Lipinski definition) is 7. The van der Waals surface area contributed by atoms with E-state index in [1.165, 1.54) is 36.4 Å². The third-order valence-corrected chi connectivity index (χ3v) is 5.75. The molecule has 7 nitrogen and oxygen atoms in total. The van der Waals surface area contributed by atoms with Gasteiger partial charge in [0, 0.05) is 11.8 Å². The van der Waals surface area contributed by atoms with Crippen LogP contribution in [0.2, 0.25) is 0 Å². The number of benzene rings is 2. The van der Waals surface area contributed by atoms with E-state index in [4.69, 9.17) is 4.74 Å². The number of rotatable bonds is 7. The lowest BCUT2D eigenvalue weighted by Gasteiger charge is -2.33. The number of carbonyl (C=O) groups excluding carboxylic acids is 2. The number of aromatic hydroxyl groups is 2. The number of Topliss-reactive ketones (excluding diaryl/α,β-unsaturated/α-hetero) is 1. The van der Waals surface area contributed by atoms with Crippen LogP contribution in [-0.2, 0) is 14.3 Å². The highest BCUT2D eigenvalue weighted by molar-refractivity contribution is 6.09. The van der Waals surface area contributed by atoms with E-state index in [0.717, 1.165) is 0 Å². The van der Waals surface area contributed by atoms with E-state index in [2.05, 4.69) is 0 Å². The molecule has 0 saturated heterocycles. The zero-order valence-corrected chi connectivity index (χ0v) is 17.4. The summed E-state index contributed by atoms with van der Waals surface area (Å²) >= 11 is 0. The molecule has 0 fully saturated rings. The summed E-state index contributed by atoms with van der Waals surface area (Å²) in [5, 5.41) is 40.4. The minimum atomic E-state index is -1.33. The third-order valence-electron chi connectivity index (χ3n) is 5.75. The van der Waals surface area contributed by atoms with Crippen LogP contribution in [0.5, 0.6) is 11.5 Å². The van der Waals surface area contributed by atoms with Gasteiger partial charge in [-0.15, -0.1) is 0 Å². The molecule has 0 aromatic heterocycles. The molecule has 0 saturated carbocycles. The Labute approximate surface area is 180 Å². The Morgan fingerprint density at radius 2 is 1.35 bits per heavy atom. The van der Waals surface area contributed by atoms with Crippen molar-refractivity contribution in [2.75, 3.05) is 0 Å². The van der Waals surface area contributed by atoms with Crippen molar-refractivity contribution in [3.05, 3.63) is 71.0 Å². The Balaban J connectivity index is 1.93. The molecule has 164 valence electrons. The largest absolute Gasteiger partial charge is 0.508 e. The number of phenols is 2. The van der Waals surface area contributed by atoms with Crippen LogP contribution in [0.1, 0.15) is 49.8 Å². The van der Waals surface area contributed by atoms with Gasteiger partial charge in [-0.2, -0.15) is 0 Å². The normalized spacial score (nSPS) is 19.6. The number of phenolic OH excluding ortho intramolecular Hbond substituents is 2. The van der Waals surface area contributed by atoms with Crippen molar-refractivity contribution < 1.29 is 34.8 Å². The summed E-state index contributed by atoms with van der Waals surface area (Å²) in [5.74, 6) is -3.48. The van der Waals surface area contributed by atoms with Gasteiger partial charge in [-0.3, -0.25) is 4.79 Å². The number of carbonyl (C=O) groups is 2. The van der Waals surface area contributed by atoms with Gasteiger partial charge in [0.2, 0.25) is 5.78 Å². The summed E-state index contributed by atoms with van der Waals surface area (Å²) in [6, 6.07) is 12.1. The van der Waals surface area contributed by atoms with Crippen LogP contribution in [0, 0.1) is 5.92 Å². The molecule has 4 N–H and O–H groups in total. The molecule has 0 bridgehead atoms. The second kappa shape index (κ2) is 9.22. The first kappa shape index (κ1) is 22.4. The lowest BCUT2D eigenvalue weighted by Crippen LogP contribution is -2.43. The van der Waals surface area contributed by atoms with Crippen LogP contribution >= 0.6 is 0 Å². The first-order valence-corrected chi connectivity index (χ1v) is 10.2. The van der Waals surface area contributed by atoms with Crippen LogP contribution < -0.4 is 0 Å². The number of ether oxygens (including phenoxy) is 1. The molecule has 1 heterocycles. The highest BCUT2D eigenvalue weighted by Crippen LogP contribution is 2.38. The Kier molecular flexibility index (Phi) is 6.65. The highest BCUT2D eigenvalue weighted by atomic mass is 16.6. The number of aliphatic hydroxyl groups is 2. The maximum absolute atomic E-state index is 13.0. The van der Waals surface area contributed by atoms with Crippen LogP contribution in [-0.4, -0.2) is 38.3 Å². The second-order valence-corrected chi connectivity index (χ2v) is 7.61. The maximum Gasteiger partial charge on any atom is 0.339 e. The average molecular weight is 426 g/mol. The van der Waals surface area contributed by atoms with Crippen molar-refractivity contribution >= 4 is 11.8 Å². The van der Waals surface area contributed by atoms with Crippen molar-refractivity contribution in [1.29, 1.82) is 0 Å². The number of ketones is 1. The number of aliphatic hydroxyl groups excluding tert-OH is 2. The topological polar surface area (TPSA) is 124 Å². The molecule has 3 rings (SSSR count). The first-order chi connectivity index (χ1) is 14.8. The van der Waals surface area contributed by atoms with E-state index in [1.54, 1.807) is 19.1 Å². The quantitative estimate of drug-likeness (QED) is 0.498. The maximum atomic E-state index is 13.0. The zero-order valence-electron chi connectivity index (χ0n) is 17.4. The van der Waals surface area contributed by atoms with E-state index in [1.807, 2.05) is 6.92 Å². The second-order valence-electron chi connectivity index (χ2n) is 7.61. The monoisotopic (exact) mass is 426 g/mol. The van der Waals surface area contributed by atoms with Crippen molar-refractivity contribution in [1.82, 2.24) is 0 Å². The predicted octanol–water partition coefficient (Wildman–Crippen LogP) is 3.66. The minimum Gasteiger partial charge on any atom is -0.508 e. The third kappa shape index (κ3) is 4.41. The highest BCUT2D eigenvalue weighted by Gasteiger charge is 2.45. The van der Waals surface area contributed by atoms with E-state index in [-0.39, 0.29) is 17.1 Å². The first-order valence-electron chi connectivity index (χ1n) is 10.2. The Hall–Kier alpha value is -3.32. The van der Waals surface area contributed by atoms with E-state index in [0.29, 0.717) is 24.0 Å². The molecular weight excluding hydrogens is 400 g/mol. The molecule has 0 spiro atoms. The molecule has 0 amide bonds. The van der Waals surface area contributed by atoms with Gasteiger partial charge in [0.1, 0.15) is 11.5 Å². The lowest BCUT2D eigenvalue weighted by molar-refractivity contribution is -0.161. The summed E-state index contributed by atoms with van der Waals surface area (Å²) in [4.78, 5) is 25.9. The number of esters is 1. The van der Waals surface area contributed by atoms with E-state index in [9.17, 15) is 30.0 Å². The van der Waals surface area contributed by atoms with E-state index < -0.39 is 41.6 Å². The van der Waals surface area contributed by atoms with E-state index >= 15 is 0 Å². The van der Waals surface area contributed by atoms with Gasteiger partial charge in [0.25, 0.3) is 0 Å². The molecule has 7 heteroatoms. The smallest absolute Gasteiger partial charge is 0.339 e. The van der Waals surface area contributed by atoms with Gasteiger partial charge >= 0.3 is 5.97 Å². The minimum absolute atomic E-state index is 0.0363. The molecule has 4 atom stereocenters. The fourth-order valence-corrected chi connectivity index (χ4v) is 4.02. The lowest BCUT2D eigenvalue weighted by atomic mass is 9.81. The van der Waals surface area contributed by atoms with Crippen LogP contribution in [0.25, 0.3) is 0 Å². The Morgan fingerprint density at radius 1 is 0.839 bits per heavy atom. The van der Waals surface area contributed by atoms with Crippen LogP contribution in [0.3, 0.4) is 0 Å². The molecule has 1 aliphatic heterocycles. The Morgan fingerprint density at radius 3 is 1.84 bits per heavy atom. The number of hydrogen-bond donors (Lipinski definition) is 4. The fourth-order valence-electron chi connectivity index (χ4n) is 4.02. The van der Waals surface area contributed by atoms with Gasteiger partial charge in [-0.25, -0.2) is 4.79 Å². The van der Waals surface area contributed by atoms with Gasteiger partial charge in [-0.05, 0) is 48.2 Å². The molecule has 0 radical (unpaired) electrons.